The van der Waals surface area contributed by atoms with Crippen molar-refractivity contribution in [3.05, 3.63) is 17.8 Å². The van der Waals surface area contributed by atoms with Crippen LogP contribution < -0.4 is 11.1 Å². The number of hydrogen-bond acceptors (Lipinski definition) is 4. The lowest BCUT2D eigenvalue weighted by atomic mass is 9.92. The quantitative estimate of drug-likeness (QED) is 0.837. The van der Waals surface area contributed by atoms with Gasteiger partial charge in [0.25, 0.3) is 5.91 Å². The number of rotatable bonds is 2. The minimum absolute atomic E-state index is 0.0381. The molecule has 0 saturated heterocycles. The highest BCUT2D eigenvalue weighted by Gasteiger charge is 2.35. The van der Waals surface area contributed by atoms with Crippen molar-refractivity contribution in [3.8, 4) is 0 Å². The topological polar surface area (TPSA) is 80.9 Å². The van der Waals surface area contributed by atoms with E-state index in [0.29, 0.717) is 0 Å². The van der Waals surface area contributed by atoms with Gasteiger partial charge in [-0.05, 0) is 18.9 Å². The van der Waals surface area contributed by atoms with Gasteiger partial charge in [0, 0.05) is 18.9 Å². The summed E-state index contributed by atoms with van der Waals surface area (Å²) in [6.45, 7) is 0. The maximum absolute atomic E-state index is 13.0. The van der Waals surface area contributed by atoms with Gasteiger partial charge in [0.2, 0.25) is 5.92 Å². The second-order valence-electron chi connectivity index (χ2n) is 4.43. The number of carbonyl (C=O) groups excluding carboxylic acids is 1. The number of nitrogens with one attached hydrogen (secondary N) is 1. The van der Waals surface area contributed by atoms with Crippen molar-refractivity contribution in [3.63, 3.8) is 0 Å². The van der Waals surface area contributed by atoms with Crippen molar-refractivity contribution in [1.82, 2.24) is 15.5 Å². The maximum atomic E-state index is 13.0. The SMILES string of the molecule is Nc1nnccc1C(=O)NC1CCC(F)(F)CC1. The monoisotopic (exact) mass is 256 g/mol. The predicted molar refractivity (Wildman–Crippen MR) is 61.1 cm³/mol. The van der Waals surface area contributed by atoms with Crippen LogP contribution in [-0.2, 0) is 0 Å². The van der Waals surface area contributed by atoms with Crippen LogP contribution in [0, 0.1) is 0 Å². The van der Waals surface area contributed by atoms with E-state index in [2.05, 4.69) is 15.5 Å². The number of nitrogens with two attached hydrogens (primary N) is 1. The van der Waals surface area contributed by atoms with E-state index in [1.807, 2.05) is 0 Å². The molecule has 7 heteroatoms. The molecule has 1 amide bonds. The van der Waals surface area contributed by atoms with E-state index in [-0.39, 0.29) is 43.1 Å². The zero-order valence-electron chi connectivity index (χ0n) is 9.70. The second kappa shape index (κ2) is 4.83. The summed E-state index contributed by atoms with van der Waals surface area (Å²) in [6, 6.07) is 1.22. The fourth-order valence-electron chi connectivity index (χ4n) is 1.98. The van der Waals surface area contributed by atoms with E-state index in [9.17, 15) is 13.6 Å². The van der Waals surface area contributed by atoms with E-state index in [4.69, 9.17) is 5.73 Å². The summed E-state index contributed by atoms with van der Waals surface area (Å²) in [5, 5.41) is 9.80. The van der Waals surface area contributed by atoms with Crippen molar-refractivity contribution < 1.29 is 13.6 Å². The van der Waals surface area contributed by atoms with Crippen molar-refractivity contribution in [2.45, 2.75) is 37.6 Å². The van der Waals surface area contributed by atoms with Crippen LogP contribution in [0.15, 0.2) is 12.3 Å². The van der Waals surface area contributed by atoms with Gasteiger partial charge in [-0.25, -0.2) is 8.78 Å². The third-order valence-electron chi connectivity index (χ3n) is 3.05. The molecule has 1 heterocycles. The van der Waals surface area contributed by atoms with Crippen molar-refractivity contribution in [2.24, 2.45) is 0 Å². The molecule has 1 aliphatic carbocycles. The van der Waals surface area contributed by atoms with Gasteiger partial charge in [0.15, 0.2) is 5.82 Å². The highest BCUT2D eigenvalue weighted by Crippen LogP contribution is 2.33. The molecule has 0 atom stereocenters. The number of hydrogen-bond donors (Lipinski definition) is 2. The van der Waals surface area contributed by atoms with Gasteiger partial charge in [-0.2, -0.15) is 5.10 Å². The lowest BCUT2D eigenvalue weighted by Gasteiger charge is -2.28. The second-order valence-corrected chi connectivity index (χ2v) is 4.43. The Hall–Kier alpha value is -1.79. The summed E-state index contributed by atoms with van der Waals surface area (Å²) in [5.41, 5.74) is 5.74. The number of nitrogen functional groups attached to an aromatic ring is 1. The maximum Gasteiger partial charge on any atom is 0.255 e. The van der Waals surface area contributed by atoms with Crippen LogP contribution in [0.5, 0.6) is 0 Å². The first-order valence-corrected chi connectivity index (χ1v) is 5.74. The average molecular weight is 256 g/mol. The number of carbonyl (C=O) groups is 1. The van der Waals surface area contributed by atoms with Crippen LogP contribution in [0.25, 0.3) is 0 Å². The molecular weight excluding hydrogens is 242 g/mol. The van der Waals surface area contributed by atoms with Gasteiger partial charge in [-0.3, -0.25) is 4.79 Å². The highest BCUT2D eigenvalue weighted by atomic mass is 19.3. The third kappa shape index (κ3) is 2.91. The molecule has 1 saturated carbocycles. The van der Waals surface area contributed by atoms with Crippen LogP contribution in [0.3, 0.4) is 0 Å². The van der Waals surface area contributed by atoms with E-state index < -0.39 is 11.8 Å². The fourth-order valence-corrected chi connectivity index (χ4v) is 1.98. The number of halogens is 2. The molecule has 0 aliphatic heterocycles. The number of alkyl halides is 2. The first-order valence-electron chi connectivity index (χ1n) is 5.74. The molecule has 0 aromatic carbocycles. The molecule has 18 heavy (non-hydrogen) atoms. The van der Waals surface area contributed by atoms with Gasteiger partial charge in [-0.1, -0.05) is 0 Å². The number of aromatic nitrogens is 2. The molecule has 1 aromatic heterocycles. The minimum atomic E-state index is -2.60. The fraction of sp³-hybridized carbons (Fsp3) is 0.545. The van der Waals surface area contributed by atoms with Crippen LogP contribution >= 0.6 is 0 Å². The summed E-state index contributed by atoms with van der Waals surface area (Å²) >= 11 is 0. The van der Waals surface area contributed by atoms with Crippen LogP contribution in [0.1, 0.15) is 36.0 Å². The van der Waals surface area contributed by atoms with Gasteiger partial charge in [0.1, 0.15) is 0 Å². The third-order valence-corrected chi connectivity index (χ3v) is 3.05. The Morgan fingerprint density at radius 2 is 2.11 bits per heavy atom. The molecule has 1 fully saturated rings. The molecule has 1 aliphatic rings. The lowest BCUT2D eigenvalue weighted by molar-refractivity contribution is -0.0399. The van der Waals surface area contributed by atoms with E-state index in [1.54, 1.807) is 0 Å². The van der Waals surface area contributed by atoms with Crippen molar-refractivity contribution in [1.29, 1.82) is 0 Å². The molecular formula is C11H14F2N4O. The van der Waals surface area contributed by atoms with Gasteiger partial charge in [-0.15, -0.1) is 5.10 Å². The van der Waals surface area contributed by atoms with Gasteiger partial charge < -0.3 is 11.1 Å². The van der Waals surface area contributed by atoms with Crippen molar-refractivity contribution >= 4 is 11.7 Å². The zero-order valence-corrected chi connectivity index (χ0v) is 9.70. The lowest BCUT2D eigenvalue weighted by Crippen LogP contribution is -2.40. The summed E-state index contributed by atoms with van der Waals surface area (Å²) in [5.74, 6) is -2.95. The first-order chi connectivity index (χ1) is 8.48. The summed E-state index contributed by atoms with van der Waals surface area (Å²) < 4.78 is 25.9. The Bertz CT molecular complexity index is 442. The summed E-state index contributed by atoms with van der Waals surface area (Å²) in [4.78, 5) is 11.8. The molecule has 0 spiro atoms. The minimum Gasteiger partial charge on any atom is -0.382 e. The van der Waals surface area contributed by atoms with Gasteiger partial charge in [0.05, 0.1) is 11.8 Å². The first kappa shape index (κ1) is 12.7. The Kier molecular flexibility index (Phi) is 3.40. The van der Waals surface area contributed by atoms with Gasteiger partial charge >= 0.3 is 0 Å². The number of amides is 1. The molecule has 5 nitrogen and oxygen atoms in total. The van der Waals surface area contributed by atoms with Crippen LogP contribution in [-0.4, -0.2) is 28.1 Å². The number of nitrogens with zero attached hydrogens (tertiary/aromatic N) is 2. The molecule has 3 N–H and O–H groups in total. The highest BCUT2D eigenvalue weighted by molar-refractivity contribution is 5.98. The number of anilines is 1. The molecule has 0 radical (unpaired) electrons. The molecule has 0 bridgehead atoms. The molecule has 1 aromatic rings. The molecule has 0 unspecified atom stereocenters. The molecule has 2 rings (SSSR count). The zero-order chi connectivity index (χ0) is 13.2. The van der Waals surface area contributed by atoms with E-state index >= 15 is 0 Å². The van der Waals surface area contributed by atoms with E-state index in [1.165, 1.54) is 12.3 Å². The predicted octanol–water partition coefficient (Wildman–Crippen LogP) is 1.37. The summed E-state index contributed by atoms with van der Waals surface area (Å²) in [7, 11) is 0. The van der Waals surface area contributed by atoms with Crippen molar-refractivity contribution in [2.75, 3.05) is 5.73 Å². The molecule has 98 valence electrons. The Balaban J connectivity index is 1.95. The Morgan fingerprint density at radius 1 is 1.44 bits per heavy atom. The van der Waals surface area contributed by atoms with Crippen LogP contribution in [0.2, 0.25) is 0 Å². The average Bonchev–Trinajstić information content (AvgIpc) is 2.32. The standard InChI is InChI=1S/C11H14F2N4O/c12-11(13)4-1-7(2-5-11)16-10(18)8-3-6-15-17-9(8)14/h3,6-7H,1-2,4-5H2,(H2,14,17)(H,16,18). The Labute approximate surface area is 103 Å². The Morgan fingerprint density at radius 3 is 2.72 bits per heavy atom. The smallest absolute Gasteiger partial charge is 0.255 e. The largest absolute Gasteiger partial charge is 0.382 e. The van der Waals surface area contributed by atoms with Crippen LogP contribution in [0.4, 0.5) is 14.6 Å². The normalized spacial score (nSPS) is 19.4. The van der Waals surface area contributed by atoms with E-state index in [0.717, 1.165) is 0 Å². The summed E-state index contributed by atoms with van der Waals surface area (Å²) in [6.07, 6.45) is 1.53.